The molecule has 1 amide bonds. The second-order valence-electron chi connectivity index (χ2n) is 6.22. The van der Waals surface area contributed by atoms with E-state index in [0.717, 1.165) is 18.3 Å². The number of rotatable bonds is 9. The molecule has 8 nitrogen and oxygen atoms in total. The van der Waals surface area contributed by atoms with Crippen LogP contribution in [0.1, 0.15) is 54.1 Å². The molecule has 0 aliphatic carbocycles. The van der Waals surface area contributed by atoms with Gasteiger partial charge in [-0.25, -0.2) is 14.3 Å². The maximum Gasteiger partial charge on any atom is 0.356 e. The summed E-state index contributed by atoms with van der Waals surface area (Å²) in [5.74, 6) is -1.00. The van der Waals surface area contributed by atoms with E-state index < -0.39 is 5.97 Å². The number of carbonyl (C=O) groups is 3. The Morgan fingerprint density at radius 1 is 1.39 bits per heavy atom. The van der Waals surface area contributed by atoms with Crippen molar-refractivity contribution in [2.45, 2.75) is 39.2 Å². The van der Waals surface area contributed by atoms with Crippen molar-refractivity contribution in [2.75, 3.05) is 7.11 Å². The summed E-state index contributed by atoms with van der Waals surface area (Å²) in [6, 6.07) is 2.76. The fraction of sp³-hybridized carbons (Fsp3) is 0.350. The van der Waals surface area contributed by atoms with Gasteiger partial charge in [-0.1, -0.05) is 23.8 Å². The molecule has 1 atom stereocenters. The van der Waals surface area contributed by atoms with Crippen LogP contribution in [-0.4, -0.2) is 45.9 Å². The number of carbonyl (C=O) groups excluding carboxylic acids is 3. The van der Waals surface area contributed by atoms with Crippen molar-refractivity contribution in [3.63, 3.8) is 0 Å². The number of hydrogen-bond acceptors (Lipinski definition) is 6. The van der Waals surface area contributed by atoms with Crippen molar-refractivity contribution in [3.8, 4) is 0 Å². The number of nitrogens with zero attached hydrogens (tertiary/aromatic N) is 3. The predicted octanol–water partition coefficient (Wildman–Crippen LogP) is 2.51. The molecule has 2 aromatic heterocycles. The molecule has 1 N–H and O–H groups in total. The summed E-state index contributed by atoms with van der Waals surface area (Å²) in [5.41, 5.74) is 1.69. The van der Waals surface area contributed by atoms with E-state index in [9.17, 15) is 14.4 Å². The maximum atomic E-state index is 12.9. The van der Waals surface area contributed by atoms with Crippen molar-refractivity contribution >= 4 is 23.8 Å². The fourth-order valence-corrected chi connectivity index (χ4v) is 2.71. The zero-order chi connectivity index (χ0) is 20.5. The van der Waals surface area contributed by atoms with Crippen LogP contribution in [0.25, 0.3) is 5.65 Å². The number of aldehydes is 1. The van der Waals surface area contributed by atoms with E-state index in [1.807, 2.05) is 32.1 Å². The van der Waals surface area contributed by atoms with Gasteiger partial charge in [0.25, 0.3) is 5.91 Å². The Morgan fingerprint density at radius 3 is 2.86 bits per heavy atom. The van der Waals surface area contributed by atoms with Gasteiger partial charge >= 0.3 is 5.97 Å². The topological polar surface area (TPSA) is 103 Å². The smallest absolute Gasteiger partial charge is 0.356 e. The summed E-state index contributed by atoms with van der Waals surface area (Å²) in [6.07, 6.45) is 9.80. The lowest BCUT2D eigenvalue weighted by molar-refractivity contribution is -0.107. The van der Waals surface area contributed by atoms with Crippen molar-refractivity contribution < 1.29 is 19.1 Å². The number of amides is 1. The van der Waals surface area contributed by atoms with Crippen LogP contribution in [0.5, 0.6) is 0 Å². The van der Waals surface area contributed by atoms with E-state index in [1.165, 1.54) is 23.9 Å². The largest absolute Gasteiger partial charge is 0.464 e. The maximum absolute atomic E-state index is 12.9. The third-order valence-corrected chi connectivity index (χ3v) is 4.14. The van der Waals surface area contributed by atoms with Crippen LogP contribution >= 0.6 is 0 Å². The number of aromatic nitrogens is 3. The first-order valence-corrected chi connectivity index (χ1v) is 8.96. The third kappa shape index (κ3) is 5.35. The van der Waals surface area contributed by atoms with Gasteiger partial charge in [0.1, 0.15) is 12.0 Å². The van der Waals surface area contributed by atoms with Crippen LogP contribution in [0.2, 0.25) is 0 Å². The minimum Gasteiger partial charge on any atom is -0.464 e. The number of methoxy groups -OCH3 is 1. The molecular formula is C20H24N4O4. The van der Waals surface area contributed by atoms with Crippen LogP contribution in [0.15, 0.2) is 42.1 Å². The van der Waals surface area contributed by atoms with Crippen molar-refractivity contribution in [1.82, 2.24) is 19.9 Å². The highest BCUT2D eigenvalue weighted by Gasteiger charge is 2.19. The average molecular weight is 384 g/mol. The van der Waals surface area contributed by atoms with Crippen molar-refractivity contribution in [1.29, 1.82) is 0 Å². The van der Waals surface area contributed by atoms with Gasteiger partial charge in [0.05, 0.1) is 13.3 Å². The van der Waals surface area contributed by atoms with E-state index in [-0.39, 0.29) is 23.3 Å². The Bertz CT molecular complexity index is 914. The van der Waals surface area contributed by atoms with Crippen molar-refractivity contribution in [3.05, 3.63) is 53.5 Å². The molecule has 8 heteroatoms. The Hall–Kier alpha value is -3.29. The second kappa shape index (κ2) is 10.1. The minimum absolute atomic E-state index is 0.0378. The molecule has 1 unspecified atom stereocenters. The molecule has 0 aliphatic heterocycles. The van der Waals surface area contributed by atoms with E-state index in [0.29, 0.717) is 18.5 Å². The highest BCUT2D eigenvalue weighted by molar-refractivity contribution is 5.96. The van der Waals surface area contributed by atoms with Gasteiger partial charge < -0.3 is 14.8 Å². The quantitative estimate of drug-likeness (QED) is 0.405. The summed E-state index contributed by atoms with van der Waals surface area (Å²) in [7, 11) is 1.26. The Kier molecular flexibility index (Phi) is 7.62. The molecule has 2 heterocycles. The van der Waals surface area contributed by atoms with Crippen LogP contribution in [0.3, 0.4) is 0 Å². The lowest BCUT2D eigenvalue weighted by atomic mass is 10.0. The van der Waals surface area contributed by atoms with Gasteiger partial charge in [-0.3, -0.25) is 4.79 Å². The summed E-state index contributed by atoms with van der Waals surface area (Å²) in [5, 5.41) is 7.06. The molecule has 0 fully saturated rings. The normalized spacial score (nSPS) is 12.9. The van der Waals surface area contributed by atoms with E-state index in [4.69, 9.17) is 4.74 Å². The molecule has 0 saturated heterocycles. The zero-order valence-corrected chi connectivity index (χ0v) is 16.2. The summed E-state index contributed by atoms with van der Waals surface area (Å²) < 4.78 is 6.09. The van der Waals surface area contributed by atoms with E-state index >= 15 is 0 Å². The lowest BCUT2D eigenvalue weighted by Gasteiger charge is -2.16. The summed E-state index contributed by atoms with van der Waals surface area (Å²) in [4.78, 5) is 39.4. The molecule has 0 aromatic carbocycles. The molecule has 2 aromatic rings. The number of allylic oxidation sites excluding steroid dienone is 3. The van der Waals surface area contributed by atoms with E-state index in [1.54, 1.807) is 6.07 Å². The van der Waals surface area contributed by atoms with Gasteiger partial charge in [0.15, 0.2) is 11.3 Å². The number of fused-ring (bicyclic) bond motifs is 1. The number of esters is 1. The highest BCUT2D eigenvalue weighted by atomic mass is 16.5. The summed E-state index contributed by atoms with van der Waals surface area (Å²) >= 11 is 0. The minimum atomic E-state index is -0.626. The van der Waals surface area contributed by atoms with Gasteiger partial charge in [0, 0.05) is 24.6 Å². The van der Waals surface area contributed by atoms with Crippen LogP contribution < -0.4 is 5.32 Å². The number of hydrogen-bond donors (Lipinski definition) is 1. The number of nitrogens with one attached hydrogen (secondary N) is 1. The molecule has 0 saturated carbocycles. The Balaban J connectivity index is 2.22. The first-order valence-electron chi connectivity index (χ1n) is 8.96. The summed E-state index contributed by atoms with van der Waals surface area (Å²) in [6.45, 7) is 3.83. The zero-order valence-electron chi connectivity index (χ0n) is 16.2. The molecule has 28 heavy (non-hydrogen) atoms. The molecule has 0 bridgehead atoms. The van der Waals surface area contributed by atoms with Gasteiger partial charge in [0.2, 0.25) is 0 Å². The highest BCUT2D eigenvalue weighted by Crippen LogP contribution is 2.12. The number of ether oxygens (including phenoxy) is 1. The first-order chi connectivity index (χ1) is 13.5. The molecule has 0 radical (unpaired) electrons. The van der Waals surface area contributed by atoms with Gasteiger partial charge in [-0.05, 0) is 26.7 Å². The van der Waals surface area contributed by atoms with Gasteiger partial charge in [-0.15, -0.1) is 0 Å². The lowest BCUT2D eigenvalue weighted by Crippen LogP contribution is -2.35. The van der Waals surface area contributed by atoms with Crippen LogP contribution in [0, 0.1) is 0 Å². The average Bonchev–Trinajstić information content (AvgIpc) is 3.17. The second-order valence-corrected chi connectivity index (χ2v) is 6.22. The van der Waals surface area contributed by atoms with Gasteiger partial charge in [-0.2, -0.15) is 5.10 Å². The van der Waals surface area contributed by atoms with Crippen LogP contribution in [0.4, 0.5) is 0 Å². The SMILES string of the molecule is C/C=C/C(CC/C(C)=C/CC=O)NC(=O)c1cc(C(=O)OC)nc2ccnn12. The molecule has 0 aliphatic rings. The predicted molar refractivity (Wildman–Crippen MR) is 104 cm³/mol. The monoisotopic (exact) mass is 384 g/mol. The molecule has 0 spiro atoms. The van der Waals surface area contributed by atoms with E-state index in [2.05, 4.69) is 15.4 Å². The standard InChI is InChI=1S/C20H24N4O4/c1-4-6-15(9-8-14(2)7-5-12-25)22-19(26)17-13-16(20(27)28-3)23-18-10-11-21-24(17)18/h4,6-7,10-13,15H,5,8-9H2,1-3H3,(H,22,26)/b6-4+,14-7+. The Morgan fingerprint density at radius 2 is 2.18 bits per heavy atom. The molecule has 148 valence electrons. The molecule has 2 rings (SSSR count). The molecular weight excluding hydrogens is 360 g/mol. The fourth-order valence-electron chi connectivity index (χ4n) is 2.71. The third-order valence-electron chi connectivity index (χ3n) is 4.14. The first kappa shape index (κ1) is 21.0. The van der Waals surface area contributed by atoms with Crippen LogP contribution in [-0.2, 0) is 9.53 Å². The van der Waals surface area contributed by atoms with Crippen molar-refractivity contribution in [2.24, 2.45) is 0 Å². The Labute approximate surface area is 163 Å².